The van der Waals surface area contributed by atoms with Crippen LogP contribution in [0.2, 0.25) is 0 Å². The monoisotopic (exact) mass is 290 g/mol. The third-order valence-corrected chi connectivity index (χ3v) is 4.58. The predicted octanol–water partition coefficient (Wildman–Crippen LogP) is 2.55. The normalized spacial score (nSPS) is 23.9. The zero-order chi connectivity index (χ0) is 14.1. The van der Waals surface area contributed by atoms with Crippen molar-refractivity contribution >= 4 is 17.2 Å². The molecule has 106 valence electrons. The van der Waals surface area contributed by atoms with Crippen LogP contribution in [-0.4, -0.2) is 33.2 Å². The molecule has 6 heteroatoms. The van der Waals surface area contributed by atoms with Gasteiger partial charge in [-0.15, -0.1) is 10.2 Å². The van der Waals surface area contributed by atoms with Gasteiger partial charge >= 0.3 is 0 Å². The minimum absolute atomic E-state index is 0.161. The lowest BCUT2D eigenvalue weighted by Gasteiger charge is -2.38. The van der Waals surface area contributed by atoms with E-state index in [0.717, 1.165) is 24.1 Å². The van der Waals surface area contributed by atoms with Gasteiger partial charge in [-0.3, -0.25) is 10.2 Å². The number of hydrogen-bond acceptors (Lipinski definition) is 5. The number of piperidine rings is 1. The lowest BCUT2D eigenvalue weighted by molar-refractivity contribution is 0.0366. The number of amides is 1. The van der Waals surface area contributed by atoms with E-state index in [4.69, 9.17) is 0 Å². The fourth-order valence-corrected chi connectivity index (χ4v) is 3.42. The summed E-state index contributed by atoms with van der Waals surface area (Å²) in [7, 11) is 0. The lowest BCUT2D eigenvalue weighted by atomic mass is 10.00. The molecular formula is C14H18N4OS. The molecule has 2 atom stereocenters. The van der Waals surface area contributed by atoms with Crippen LogP contribution in [0.25, 0.3) is 11.3 Å². The standard InChI is InChI=1S/C14H18N4OS/c1-9-4-3-5-10(2)18(9)17-14(19)13-11-8-20-7-6-12(11)15-16-13/h6-10H,3-5H2,1-2H3,(H,17,19). The Morgan fingerprint density at radius 2 is 2.10 bits per heavy atom. The fourth-order valence-electron chi connectivity index (χ4n) is 2.76. The molecule has 3 aliphatic rings. The summed E-state index contributed by atoms with van der Waals surface area (Å²) in [5.74, 6) is -0.161. The van der Waals surface area contributed by atoms with Crippen molar-refractivity contribution in [2.45, 2.75) is 45.2 Å². The van der Waals surface area contributed by atoms with Gasteiger partial charge in [0.25, 0.3) is 5.91 Å². The number of rotatable bonds is 2. The Hall–Kier alpha value is -1.53. The van der Waals surface area contributed by atoms with E-state index in [1.165, 1.54) is 6.42 Å². The highest BCUT2D eigenvalue weighted by atomic mass is 32.1. The van der Waals surface area contributed by atoms with Crippen molar-refractivity contribution in [3.63, 3.8) is 0 Å². The van der Waals surface area contributed by atoms with Gasteiger partial charge in [0.05, 0.1) is 5.69 Å². The summed E-state index contributed by atoms with van der Waals surface area (Å²) in [5, 5.41) is 14.0. The molecule has 1 saturated heterocycles. The topological polar surface area (TPSA) is 58.1 Å². The van der Waals surface area contributed by atoms with E-state index in [2.05, 4.69) is 34.5 Å². The third kappa shape index (κ3) is 2.41. The van der Waals surface area contributed by atoms with E-state index in [-0.39, 0.29) is 5.91 Å². The van der Waals surface area contributed by atoms with Gasteiger partial charge in [0.15, 0.2) is 5.69 Å². The maximum absolute atomic E-state index is 12.4. The molecule has 1 amide bonds. The van der Waals surface area contributed by atoms with Crippen molar-refractivity contribution in [1.29, 1.82) is 0 Å². The highest BCUT2D eigenvalue weighted by molar-refractivity contribution is 7.07. The molecule has 1 fully saturated rings. The van der Waals surface area contributed by atoms with Crippen molar-refractivity contribution in [3.05, 3.63) is 22.5 Å². The van der Waals surface area contributed by atoms with Crippen molar-refractivity contribution < 1.29 is 4.79 Å². The first-order valence-electron chi connectivity index (χ1n) is 6.94. The number of hydrogen-bond donors (Lipinski definition) is 1. The van der Waals surface area contributed by atoms with Gasteiger partial charge in [0, 0.05) is 23.0 Å². The molecule has 5 nitrogen and oxygen atoms in total. The van der Waals surface area contributed by atoms with Crippen molar-refractivity contribution in [3.8, 4) is 11.3 Å². The molecule has 3 rings (SSSR count). The fraction of sp³-hybridized carbons (Fsp3) is 0.500. The summed E-state index contributed by atoms with van der Waals surface area (Å²) >= 11 is 1.54. The SMILES string of the molecule is CC1CCCC(C)N1NC(=O)c1nnc2ccscc1-2. The zero-order valence-corrected chi connectivity index (χ0v) is 12.5. The third-order valence-electron chi connectivity index (χ3n) is 3.92. The average Bonchev–Trinajstić information content (AvgIpc) is 2.87. The van der Waals surface area contributed by atoms with E-state index < -0.39 is 0 Å². The molecule has 0 spiro atoms. The molecule has 0 saturated carbocycles. The van der Waals surface area contributed by atoms with Gasteiger partial charge in [-0.05, 0) is 38.1 Å². The molecule has 0 aromatic carbocycles. The van der Waals surface area contributed by atoms with E-state index in [1.54, 1.807) is 11.3 Å². The Labute approximate surface area is 122 Å². The smallest absolute Gasteiger partial charge is 0.283 e. The van der Waals surface area contributed by atoms with Crippen LogP contribution in [0, 0.1) is 0 Å². The maximum atomic E-state index is 12.4. The maximum Gasteiger partial charge on any atom is 0.286 e. The Bertz CT molecular complexity index is 574. The first-order valence-corrected chi connectivity index (χ1v) is 7.89. The molecule has 1 N–H and O–H groups in total. The molecular weight excluding hydrogens is 272 g/mol. The predicted molar refractivity (Wildman–Crippen MR) is 78.6 cm³/mol. The average molecular weight is 290 g/mol. The first kappa shape index (κ1) is 13.5. The number of fused-ring (bicyclic) bond motifs is 1. The lowest BCUT2D eigenvalue weighted by Crippen LogP contribution is -2.54. The Morgan fingerprint density at radius 1 is 1.35 bits per heavy atom. The number of aromatic nitrogens is 2. The van der Waals surface area contributed by atoms with Crippen LogP contribution in [0.15, 0.2) is 16.8 Å². The molecule has 0 aromatic rings. The van der Waals surface area contributed by atoms with Gasteiger partial charge < -0.3 is 0 Å². The summed E-state index contributed by atoms with van der Waals surface area (Å²) in [4.78, 5) is 12.4. The first-order chi connectivity index (χ1) is 9.66. The molecule has 3 heterocycles. The van der Waals surface area contributed by atoms with Crippen molar-refractivity contribution in [2.75, 3.05) is 0 Å². The Morgan fingerprint density at radius 3 is 2.85 bits per heavy atom. The highest BCUT2D eigenvalue weighted by Gasteiger charge is 2.28. The molecule has 0 radical (unpaired) electrons. The van der Waals surface area contributed by atoms with Crippen LogP contribution in [0.3, 0.4) is 0 Å². The number of nitrogens with zero attached hydrogens (tertiary/aromatic N) is 3. The summed E-state index contributed by atoms with van der Waals surface area (Å²) < 4.78 is 0. The number of carbonyl (C=O) groups excluding carboxylic acids is 1. The summed E-state index contributed by atoms with van der Waals surface area (Å²) in [5.41, 5.74) is 5.03. The van der Waals surface area contributed by atoms with Crippen LogP contribution in [0.4, 0.5) is 0 Å². The molecule has 0 aliphatic carbocycles. The van der Waals surface area contributed by atoms with Crippen molar-refractivity contribution in [2.24, 2.45) is 0 Å². The van der Waals surface area contributed by atoms with Crippen LogP contribution in [-0.2, 0) is 0 Å². The molecule has 0 bridgehead atoms. The van der Waals surface area contributed by atoms with Gasteiger partial charge in [-0.25, -0.2) is 5.01 Å². The Balaban J connectivity index is 1.79. The number of carbonyl (C=O) groups is 1. The van der Waals surface area contributed by atoms with Crippen LogP contribution in [0.5, 0.6) is 0 Å². The van der Waals surface area contributed by atoms with E-state index >= 15 is 0 Å². The van der Waals surface area contributed by atoms with Gasteiger partial charge in [-0.2, -0.15) is 11.3 Å². The second kappa shape index (κ2) is 5.46. The number of hydrazine groups is 1. The van der Waals surface area contributed by atoms with Crippen LogP contribution >= 0.6 is 11.3 Å². The minimum Gasteiger partial charge on any atom is -0.283 e. The van der Waals surface area contributed by atoms with E-state index in [1.807, 2.05) is 16.8 Å². The molecule has 20 heavy (non-hydrogen) atoms. The number of nitrogens with one attached hydrogen (secondary N) is 1. The second-order valence-corrected chi connectivity index (χ2v) is 6.16. The summed E-state index contributed by atoms with van der Waals surface area (Å²) in [6, 6.07) is 2.61. The van der Waals surface area contributed by atoms with E-state index in [0.29, 0.717) is 17.8 Å². The summed E-state index contributed by atoms with van der Waals surface area (Å²) in [6.07, 6.45) is 3.44. The zero-order valence-electron chi connectivity index (χ0n) is 11.7. The largest absolute Gasteiger partial charge is 0.286 e. The minimum atomic E-state index is -0.161. The molecule has 2 unspecified atom stereocenters. The van der Waals surface area contributed by atoms with Gasteiger partial charge in [0.1, 0.15) is 0 Å². The summed E-state index contributed by atoms with van der Waals surface area (Å²) in [6.45, 7) is 4.29. The van der Waals surface area contributed by atoms with Gasteiger partial charge in [-0.1, -0.05) is 6.42 Å². The van der Waals surface area contributed by atoms with E-state index in [9.17, 15) is 4.79 Å². The molecule has 3 aliphatic heterocycles. The van der Waals surface area contributed by atoms with Crippen LogP contribution < -0.4 is 5.43 Å². The molecule has 0 aromatic heterocycles. The highest BCUT2D eigenvalue weighted by Crippen LogP contribution is 2.25. The van der Waals surface area contributed by atoms with Crippen molar-refractivity contribution in [1.82, 2.24) is 20.6 Å². The van der Waals surface area contributed by atoms with Crippen LogP contribution in [0.1, 0.15) is 43.6 Å². The Kier molecular flexibility index (Phi) is 3.67. The van der Waals surface area contributed by atoms with Gasteiger partial charge in [0.2, 0.25) is 0 Å². The quantitative estimate of drug-likeness (QED) is 0.923. The second-order valence-electron chi connectivity index (χ2n) is 5.38.